The van der Waals surface area contributed by atoms with Crippen LogP contribution in [0.15, 0.2) is 36.4 Å². The van der Waals surface area contributed by atoms with E-state index in [9.17, 15) is 0 Å². The minimum Gasteiger partial charge on any atom is -0.497 e. The largest absolute Gasteiger partial charge is 0.497 e. The first kappa shape index (κ1) is 25.5. The molecule has 0 bridgehead atoms. The molecule has 2 atom stereocenters. The Balaban J connectivity index is 1.41. The summed E-state index contributed by atoms with van der Waals surface area (Å²) in [7, 11) is 5.13. The number of piperidine rings is 1. The monoisotopic (exact) mass is 495 g/mol. The second-order valence-electron chi connectivity index (χ2n) is 11.0. The van der Waals surface area contributed by atoms with Crippen molar-refractivity contribution >= 4 is 5.69 Å². The first-order chi connectivity index (χ1) is 17.6. The van der Waals surface area contributed by atoms with Crippen molar-refractivity contribution in [2.45, 2.75) is 70.0 Å². The quantitative estimate of drug-likeness (QED) is 0.389. The van der Waals surface area contributed by atoms with E-state index >= 15 is 4.39 Å². The van der Waals surface area contributed by atoms with E-state index in [1.54, 1.807) is 27.4 Å². The van der Waals surface area contributed by atoms with E-state index in [0.717, 1.165) is 55.8 Å². The van der Waals surface area contributed by atoms with E-state index in [2.05, 4.69) is 35.2 Å². The van der Waals surface area contributed by atoms with Gasteiger partial charge in [-0.3, -0.25) is 0 Å². The summed E-state index contributed by atoms with van der Waals surface area (Å²) in [6, 6.07) is 12.5. The predicted molar refractivity (Wildman–Crippen MR) is 142 cm³/mol. The molecular formula is C31H42FNO3. The normalized spacial score (nSPS) is 23.6. The van der Waals surface area contributed by atoms with E-state index in [4.69, 9.17) is 14.2 Å². The van der Waals surface area contributed by atoms with Gasteiger partial charge in [-0.25, -0.2) is 4.39 Å². The average Bonchev–Trinajstić information content (AvgIpc) is 2.93. The third-order valence-electron chi connectivity index (χ3n) is 9.19. The molecule has 1 saturated carbocycles. The lowest BCUT2D eigenvalue weighted by atomic mass is 9.64. The molecule has 1 aliphatic heterocycles. The van der Waals surface area contributed by atoms with Crippen molar-refractivity contribution in [1.29, 1.82) is 0 Å². The number of hydrogen-bond donors (Lipinski definition) is 0. The molecule has 0 amide bonds. The summed E-state index contributed by atoms with van der Waals surface area (Å²) in [5.74, 6) is 2.52. The van der Waals surface area contributed by atoms with Crippen LogP contribution in [0.5, 0.6) is 5.75 Å². The number of methoxy groups -OCH3 is 3. The van der Waals surface area contributed by atoms with Crippen molar-refractivity contribution in [2.75, 3.05) is 39.3 Å². The molecule has 0 aromatic heterocycles. The van der Waals surface area contributed by atoms with Gasteiger partial charge in [0.05, 0.1) is 7.11 Å². The maximum atomic E-state index is 16.0. The zero-order valence-corrected chi connectivity index (χ0v) is 22.2. The summed E-state index contributed by atoms with van der Waals surface area (Å²) < 4.78 is 32.5. The van der Waals surface area contributed by atoms with Crippen LogP contribution in [-0.4, -0.2) is 40.7 Å². The van der Waals surface area contributed by atoms with Gasteiger partial charge < -0.3 is 19.1 Å². The number of fused-ring (bicyclic) bond motifs is 1. The van der Waals surface area contributed by atoms with Crippen LogP contribution in [0.25, 0.3) is 0 Å². The van der Waals surface area contributed by atoms with Gasteiger partial charge in [-0.05, 0) is 78.5 Å². The lowest BCUT2D eigenvalue weighted by Crippen LogP contribution is -2.39. The molecule has 5 heteroatoms. The van der Waals surface area contributed by atoms with Crippen LogP contribution in [0.1, 0.15) is 74.0 Å². The number of rotatable bonds is 7. The highest BCUT2D eigenvalue weighted by Gasteiger charge is 2.38. The van der Waals surface area contributed by atoms with Crippen molar-refractivity contribution in [3.63, 3.8) is 0 Å². The molecule has 2 aromatic carbocycles. The SMILES string of the molecule is COc1ccc2c(c1)CC[C@H](C1CCCCC1)[C@@H]2c1ccc(N2CCC(C(OC)OC)CC2)cc1F. The van der Waals surface area contributed by atoms with Crippen LogP contribution >= 0.6 is 0 Å². The Bertz CT molecular complexity index is 1010. The van der Waals surface area contributed by atoms with E-state index < -0.39 is 0 Å². The molecule has 0 N–H and O–H groups in total. The number of anilines is 1. The highest BCUT2D eigenvalue weighted by atomic mass is 19.1. The minimum atomic E-state index is -0.159. The smallest absolute Gasteiger partial charge is 0.159 e. The van der Waals surface area contributed by atoms with Gasteiger partial charge in [-0.1, -0.05) is 44.2 Å². The molecule has 3 aliphatic rings. The number of aryl methyl sites for hydroxylation is 1. The third-order valence-corrected chi connectivity index (χ3v) is 9.19. The minimum absolute atomic E-state index is 0.0595. The van der Waals surface area contributed by atoms with Crippen LogP contribution in [0.2, 0.25) is 0 Å². The number of hydrogen-bond acceptors (Lipinski definition) is 4. The van der Waals surface area contributed by atoms with E-state index in [1.165, 1.54) is 43.2 Å². The second-order valence-corrected chi connectivity index (χ2v) is 11.0. The summed E-state index contributed by atoms with van der Waals surface area (Å²) in [5, 5.41) is 0. The molecule has 1 saturated heterocycles. The zero-order valence-electron chi connectivity index (χ0n) is 22.2. The third kappa shape index (κ3) is 5.15. The molecule has 4 nitrogen and oxygen atoms in total. The lowest BCUT2D eigenvalue weighted by molar-refractivity contribution is -0.141. The van der Waals surface area contributed by atoms with Crippen LogP contribution in [0.3, 0.4) is 0 Å². The first-order valence-electron chi connectivity index (χ1n) is 13.9. The number of halogens is 1. The van der Waals surface area contributed by atoms with E-state index in [0.29, 0.717) is 17.8 Å². The molecule has 196 valence electrons. The predicted octanol–water partition coefficient (Wildman–Crippen LogP) is 6.94. The maximum absolute atomic E-state index is 16.0. The molecule has 2 fully saturated rings. The summed E-state index contributed by atoms with van der Waals surface area (Å²) in [5.41, 5.74) is 4.48. The van der Waals surface area contributed by atoms with Crippen molar-refractivity contribution < 1.29 is 18.6 Å². The van der Waals surface area contributed by atoms with Crippen LogP contribution < -0.4 is 9.64 Å². The molecule has 36 heavy (non-hydrogen) atoms. The fraction of sp³-hybridized carbons (Fsp3) is 0.613. The number of benzene rings is 2. The number of nitrogens with zero attached hydrogens (tertiary/aromatic N) is 1. The maximum Gasteiger partial charge on any atom is 0.159 e. The van der Waals surface area contributed by atoms with Crippen LogP contribution in [-0.2, 0) is 15.9 Å². The Morgan fingerprint density at radius 3 is 2.22 bits per heavy atom. The summed E-state index contributed by atoms with van der Waals surface area (Å²) in [6.45, 7) is 1.78. The summed E-state index contributed by atoms with van der Waals surface area (Å²) >= 11 is 0. The van der Waals surface area contributed by atoms with Gasteiger partial charge in [0.15, 0.2) is 6.29 Å². The van der Waals surface area contributed by atoms with Gasteiger partial charge in [-0.2, -0.15) is 0 Å². The van der Waals surface area contributed by atoms with Crippen molar-refractivity contribution in [2.24, 2.45) is 17.8 Å². The molecule has 2 aromatic rings. The van der Waals surface area contributed by atoms with Crippen molar-refractivity contribution in [3.05, 3.63) is 58.9 Å². The van der Waals surface area contributed by atoms with Gasteiger partial charge in [0.25, 0.3) is 0 Å². The highest BCUT2D eigenvalue weighted by Crippen LogP contribution is 2.49. The van der Waals surface area contributed by atoms with Gasteiger partial charge >= 0.3 is 0 Å². The molecule has 1 heterocycles. The van der Waals surface area contributed by atoms with Crippen LogP contribution in [0.4, 0.5) is 10.1 Å². The fourth-order valence-electron chi connectivity index (χ4n) is 7.29. The Morgan fingerprint density at radius 2 is 1.56 bits per heavy atom. The Hall–Kier alpha value is -2.11. The highest BCUT2D eigenvalue weighted by molar-refractivity contribution is 5.52. The fourth-order valence-corrected chi connectivity index (χ4v) is 7.29. The van der Waals surface area contributed by atoms with Gasteiger partial charge in [0.2, 0.25) is 0 Å². The summed E-state index contributed by atoms with van der Waals surface area (Å²) in [4.78, 5) is 2.31. The molecular weight excluding hydrogens is 453 g/mol. The van der Waals surface area contributed by atoms with Gasteiger partial charge in [-0.15, -0.1) is 0 Å². The van der Waals surface area contributed by atoms with E-state index in [1.807, 2.05) is 0 Å². The Morgan fingerprint density at radius 1 is 0.833 bits per heavy atom. The first-order valence-corrected chi connectivity index (χ1v) is 13.9. The average molecular weight is 496 g/mol. The van der Waals surface area contributed by atoms with Crippen molar-refractivity contribution in [3.8, 4) is 5.75 Å². The van der Waals surface area contributed by atoms with E-state index in [-0.39, 0.29) is 18.0 Å². The molecule has 0 unspecified atom stereocenters. The lowest BCUT2D eigenvalue weighted by Gasteiger charge is -2.41. The van der Waals surface area contributed by atoms with Gasteiger partial charge in [0.1, 0.15) is 11.6 Å². The molecule has 5 rings (SSSR count). The standard InChI is InChI=1S/C31H42FNO3/c1-34-25-11-14-27-23(19-25)9-12-26(21-7-5-4-6-8-21)30(27)28-13-10-24(20-29(28)32)33-17-15-22(16-18-33)31(35-2)36-3/h10-11,13-14,19-22,26,30-31H,4-9,12,15-18H2,1-3H3/t26-,30+/m1/s1. The number of ether oxygens (including phenoxy) is 3. The Kier molecular flexibility index (Phi) is 8.17. The molecule has 0 radical (unpaired) electrons. The van der Waals surface area contributed by atoms with Crippen LogP contribution in [0, 0.1) is 23.6 Å². The molecule has 2 aliphatic carbocycles. The Labute approximate surface area is 216 Å². The molecule has 0 spiro atoms. The van der Waals surface area contributed by atoms with Crippen molar-refractivity contribution in [1.82, 2.24) is 0 Å². The second kappa shape index (κ2) is 11.5. The zero-order chi connectivity index (χ0) is 25.1. The summed E-state index contributed by atoms with van der Waals surface area (Å²) in [6.07, 6.45) is 10.5. The van der Waals surface area contributed by atoms with Gasteiger partial charge in [0, 0.05) is 44.8 Å². The topological polar surface area (TPSA) is 30.9 Å².